The van der Waals surface area contributed by atoms with Gasteiger partial charge in [0.05, 0.1) is 46.3 Å². The fourth-order valence-electron chi connectivity index (χ4n) is 12.0. The van der Waals surface area contributed by atoms with Crippen LogP contribution >= 0.6 is 7.60 Å². The molecule has 1 aromatic heterocycles. The molecule has 542 valence electrons. The van der Waals surface area contributed by atoms with Gasteiger partial charge < -0.3 is 40.1 Å². The number of imide groups is 1. The van der Waals surface area contributed by atoms with Crippen molar-refractivity contribution >= 4 is 77.3 Å². The van der Waals surface area contributed by atoms with Crippen molar-refractivity contribution in [3.05, 3.63) is 140 Å². The van der Waals surface area contributed by atoms with Crippen LogP contribution in [-0.4, -0.2) is 121 Å². The van der Waals surface area contributed by atoms with Crippen LogP contribution in [0.2, 0.25) is 0 Å². The molecule has 0 aliphatic carbocycles. The van der Waals surface area contributed by atoms with E-state index in [1.54, 1.807) is 25.5 Å². The molecule has 0 radical (unpaired) electrons. The molecule has 0 saturated carbocycles. The zero-order valence-corrected chi connectivity index (χ0v) is 59.4. The molecule has 5 N–H and O–H groups in total. The number of amides is 6. The first-order chi connectivity index (χ1) is 47.4. The highest BCUT2D eigenvalue weighted by molar-refractivity contribution is 7.54. The Balaban J connectivity index is 0.767. The number of carbonyl (C=O) groups excluding carboxylic acids is 8. The van der Waals surface area contributed by atoms with Crippen molar-refractivity contribution in [2.75, 3.05) is 44.9 Å². The Labute approximate surface area is 581 Å². The number of carbonyl (C=O) groups is 8. The monoisotopic (exact) mass is 1410 g/mol. The molecular formula is C73H94F2N7O17P. The number of allylic oxidation sites excluding steroid dienone is 1. The molecule has 4 heterocycles. The Hall–Kier alpha value is -8.26. The fourth-order valence-corrected chi connectivity index (χ4v) is 13.2. The molecule has 8 rings (SSSR count). The lowest BCUT2D eigenvalue weighted by molar-refractivity contribution is -0.163. The van der Waals surface area contributed by atoms with Gasteiger partial charge in [-0.3, -0.25) is 71.3 Å². The third-order valence-corrected chi connectivity index (χ3v) is 19.7. The van der Waals surface area contributed by atoms with Crippen LogP contribution in [0.1, 0.15) is 165 Å². The SMILES string of the molecule is C/C(=C\C(=O)N[C@H]1CCc2cccc3c2N(C1=O)[C@H](C(=O)N[C@@H](CCC(N)=O)[C@@H](C)OCc1ccc(CCCOCCCCCOCCCc2ccc4c(c2)n(C)c(=O)n4C2CCC(=O)NC2=O)cc1)C3)c1ccc(C(F)(F)P(=O)(OCOC(=O)C(C)(C)C)OCOC(=O)C(C)(C)C)cc1. The Kier molecular flexibility index (Phi) is 26.7. The number of benzene rings is 4. The van der Waals surface area contributed by atoms with Gasteiger partial charge in [0, 0.05) is 64.4 Å². The molecule has 27 heteroatoms. The van der Waals surface area contributed by atoms with Crippen molar-refractivity contribution in [2.45, 2.75) is 188 Å². The minimum atomic E-state index is -5.60. The number of fused-ring (bicyclic) bond motifs is 1. The molecule has 0 bridgehead atoms. The molecule has 6 amide bonds. The number of ether oxygens (including phenoxy) is 5. The Morgan fingerprint density at radius 2 is 1.33 bits per heavy atom. The van der Waals surface area contributed by atoms with Gasteiger partial charge in [-0.25, -0.2) is 4.79 Å². The van der Waals surface area contributed by atoms with Crippen LogP contribution in [0.25, 0.3) is 16.6 Å². The maximum Gasteiger partial charge on any atom is 0.410 e. The van der Waals surface area contributed by atoms with Crippen molar-refractivity contribution in [3.63, 3.8) is 0 Å². The molecule has 1 saturated heterocycles. The first-order valence-electron chi connectivity index (χ1n) is 34.0. The third kappa shape index (κ3) is 20.0. The van der Waals surface area contributed by atoms with E-state index in [2.05, 4.69) is 16.0 Å². The van der Waals surface area contributed by atoms with Crippen molar-refractivity contribution < 1.29 is 84.4 Å². The quantitative estimate of drug-likeness (QED) is 0.00732. The zero-order valence-electron chi connectivity index (χ0n) is 58.5. The second kappa shape index (κ2) is 34.4. The summed E-state index contributed by atoms with van der Waals surface area (Å²) in [6, 6.07) is 20.3. The number of hydrogen-bond donors (Lipinski definition) is 4. The van der Waals surface area contributed by atoms with Gasteiger partial charge in [0.25, 0.3) is 0 Å². The number of unbranched alkanes of at least 4 members (excludes halogenated alkanes) is 2. The fraction of sp³-hybridized carbons (Fsp3) is 0.521. The molecule has 1 fully saturated rings. The molecule has 3 aliphatic heterocycles. The summed E-state index contributed by atoms with van der Waals surface area (Å²) in [7, 11) is -3.92. The van der Waals surface area contributed by atoms with Crippen molar-refractivity contribution in [2.24, 2.45) is 23.6 Å². The van der Waals surface area contributed by atoms with Gasteiger partial charge in [-0.15, -0.1) is 0 Å². The van der Waals surface area contributed by atoms with Crippen LogP contribution in [-0.2, 0) is 121 Å². The van der Waals surface area contributed by atoms with Crippen LogP contribution in [0.15, 0.2) is 95.8 Å². The van der Waals surface area contributed by atoms with Crippen molar-refractivity contribution in [3.8, 4) is 0 Å². The molecule has 5 aromatic rings. The number of aromatic nitrogens is 2. The topological polar surface area (TPSA) is 311 Å². The number of aryl methyl sites for hydroxylation is 4. The predicted octanol–water partition coefficient (Wildman–Crippen LogP) is 9.60. The number of imidazole rings is 1. The molecule has 3 aliphatic rings. The number of nitrogens with two attached hydrogens (primary N) is 1. The summed E-state index contributed by atoms with van der Waals surface area (Å²) in [5, 5.41) is 8.20. The molecule has 5 atom stereocenters. The van der Waals surface area contributed by atoms with Crippen molar-refractivity contribution in [1.82, 2.24) is 25.1 Å². The average molecular weight is 1410 g/mol. The minimum Gasteiger partial charge on any atom is -0.438 e. The van der Waals surface area contributed by atoms with Gasteiger partial charge in [0.2, 0.25) is 49.0 Å². The first-order valence-corrected chi connectivity index (χ1v) is 35.5. The summed E-state index contributed by atoms with van der Waals surface area (Å²) in [6.07, 6.45) is 8.01. The van der Waals surface area contributed by atoms with Gasteiger partial charge in [-0.05, 0) is 177 Å². The summed E-state index contributed by atoms with van der Waals surface area (Å²) in [4.78, 5) is 119. The highest BCUT2D eigenvalue weighted by Crippen LogP contribution is 2.67. The minimum absolute atomic E-state index is 0.0484. The van der Waals surface area contributed by atoms with Crippen LogP contribution < -0.4 is 32.3 Å². The van der Waals surface area contributed by atoms with E-state index in [0.717, 1.165) is 90.4 Å². The standard InChI is InChI=1S/C73H94F2N7O17P/c1-46(51-25-28-54(29-26-51)73(74,75)100(92,98-44-96-68(89)71(3,4)5)99-45-97-69(90)72(6,7)8)40-63(85)77-56-30-27-52-18-13-19-53-42-60(82(64(52)53)67(56)88)66(87)78-55(31-34-61(76)83)47(2)95-43-50-22-20-48(21-23-50)16-14-38-93-36-11-10-12-37-94-39-15-17-49-24-32-57-59(41-49)80(9)70(91)81(57)58-33-35-62(84)79-65(58)86/h13,18-26,28-29,32,40-41,47,55-56,58,60H,10-12,14-17,27,30-31,33-39,42-45H2,1-9H3,(H2,76,83)(H,77,85)(H,78,87)(H,79,84,86)/b46-40+/t47-,55+,56+,58?,60+/m1/s1. The maximum atomic E-state index is 16.3. The highest BCUT2D eigenvalue weighted by atomic mass is 31.2. The smallest absolute Gasteiger partial charge is 0.410 e. The highest BCUT2D eigenvalue weighted by Gasteiger charge is 2.56. The van der Waals surface area contributed by atoms with E-state index in [1.165, 1.54) is 69.2 Å². The van der Waals surface area contributed by atoms with Crippen LogP contribution in [0.4, 0.5) is 14.5 Å². The van der Waals surface area contributed by atoms with Gasteiger partial charge in [-0.2, -0.15) is 8.78 Å². The second-order valence-corrected chi connectivity index (χ2v) is 29.8. The molecule has 100 heavy (non-hydrogen) atoms. The van der Waals surface area contributed by atoms with Gasteiger partial charge in [-0.1, -0.05) is 72.8 Å². The Bertz CT molecular complexity index is 3880. The number of piperidine rings is 1. The first kappa shape index (κ1) is 77.5. The number of nitrogens with one attached hydrogen (secondary N) is 3. The number of primary amides is 1. The van der Waals surface area contributed by atoms with E-state index < -0.39 is 115 Å². The van der Waals surface area contributed by atoms with Gasteiger partial charge in [0.15, 0.2) is 0 Å². The average Bonchev–Trinajstić information content (AvgIpc) is 1.59. The number of alkyl halides is 2. The van der Waals surface area contributed by atoms with E-state index in [0.29, 0.717) is 55.2 Å². The number of hydrogen-bond acceptors (Lipinski definition) is 17. The lowest BCUT2D eigenvalue weighted by atomic mass is 9.98. The lowest BCUT2D eigenvalue weighted by Gasteiger charge is -2.31. The third-order valence-electron chi connectivity index (χ3n) is 17.8. The number of nitrogens with zero attached hydrogens (tertiary/aromatic N) is 3. The van der Waals surface area contributed by atoms with E-state index in [-0.39, 0.29) is 56.7 Å². The summed E-state index contributed by atoms with van der Waals surface area (Å²) >= 11 is 0. The van der Waals surface area contributed by atoms with Crippen molar-refractivity contribution in [1.29, 1.82) is 0 Å². The summed E-state index contributed by atoms with van der Waals surface area (Å²) < 4.78 is 87.4. The lowest BCUT2D eigenvalue weighted by Crippen LogP contribution is -2.56. The summed E-state index contributed by atoms with van der Waals surface area (Å²) in [5.74, 6) is -4.72. The molecule has 4 aromatic carbocycles. The van der Waals surface area contributed by atoms with Gasteiger partial charge >= 0.3 is 30.9 Å². The molecular weight excluding hydrogens is 1320 g/mol. The Morgan fingerprint density at radius 1 is 0.740 bits per heavy atom. The molecule has 0 spiro atoms. The molecule has 24 nitrogen and oxygen atoms in total. The van der Waals surface area contributed by atoms with Gasteiger partial charge in [0.1, 0.15) is 18.1 Å². The number of esters is 2. The number of halogens is 2. The van der Waals surface area contributed by atoms with E-state index in [9.17, 15) is 47.7 Å². The normalized spacial score (nSPS) is 17.3. The van der Waals surface area contributed by atoms with E-state index >= 15 is 8.78 Å². The largest absolute Gasteiger partial charge is 0.438 e. The van der Waals surface area contributed by atoms with Crippen LogP contribution in [0.5, 0.6) is 0 Å². The Morgan fingerprint density at radius 3 is 1.94 bits per heavy atom. The van der Waals surface area contributed by atoms with Crippen LogP contribution in [0, 0.1) is 10.8 Å². The van der Waals surface area contributed by atoms with Crippen LogP contribution in [0.3, 0.4) is 0 Å². The zero-order chi connectivity index (χ0) is 72.7. The number of anilines is 1. The summed E-state index contributed by atoms with van der Waals surface area (Å²) in [5.41, 5.74) is 5.25. The van der Waals surface area contributed by atoms with E-state index in [1.807, 2.05) is 60.7 Å². The van der Waals surface area contributed by atoms with E-state index in [4.69, 9.17) is 38.5 Å². The predicted molar refractivity (Wildman–Crippen MR) is 368 cm³/mol. The summed E-state index contributed by atoms with van der Waals surface area (Å²) in [6.45, 7) is 12.8. The number of para-hydroxylation sites is 1. The molecule has 1 unspecified atom stereocenters. The maximum absolute atomic E-state index is 16.3. The second-order valence-electron chi connectivity index (χ2n) is 27.7. The number of rotatable bonds is 35.